The highest BCUT2D eigenvalue weighted by molar-refractivity contribution is 7.92. The molecule has 0 bridgehead atoms. The van der Waals surface area contributed by atoms with E-state index in [2.05, 4.69) is 4.72 Å². The number of rotatable bonds is 3. The standard InChI is InChI=1S/C16H17NO4S/c1-11-7-12(2)9-14(8-11)22(18,19)17-13-3-4-15-16(10-13)21-6-5-20-15/h3-4,7-10,17H,5-6H2,1-2H3. The Morgan fingerprint density at radius 3 is 2.23 bits per heavy atom. The maximum atomic E-state index is 12.5. The van der Waals surface area contributed by atoms with Gasteiger partial charge >= 0.3 is 0 Å². The normalized spacial score (nSPS) is 13.7. The van der Waals surface area contributed by atoms with E-state index >= 15 is 0 Å². The smallest absolute Gasteiger partial charge is 0.261 e. The molecule has 1 heterocycles. The van der Waals surface area contributed by atoms with Gasteiger partial charge in [-0.3, -0.25) is 4.72 Å². The largest absolute Gasteiger partial charge is 0.486 e. The quantitative estimate of drug-likeness (QED) is 0.945. The zero-order valence-electron chi connectivity index (χ0n) is 12.4. The number of ether oxygens (including phenoxy) is 2. The fourth-order valence-corrected chi connectivity index (χ4v) is 3.65. The molecule has 0 saturated carbocycles. The molecule has 1 N–H and O–H groups in total. The van der Waals surface area contributed by atoms with E-state index in [-0.39, 0.29) is 4.90 Å². The van der Waals surface area contributed by atoms with Gasteiger partial charge in [0.15, 0.2) is 11.5 Å². The molecule has 0 spiro atoms. The number of fused-ring (bicyclic) bond motifs is 1. The van der Waals surface area contributed by atoms with Crippen molar-refractivity contribution in [2.24, 2.45) is 0 Å². The monoisotopic (exact) mass is 319 g/mol. The highest BCUT2D eigenvalue weighted by Gasteiger charge is 2.17. The van der Waals surface area contributed by atoms with Gasteiger partial charge in [-0.2, -0.15) is 0 Å². The lowest BCUT2D eigenvalue weighted by Crippen LogP contribution is -2.16. The molecule has 5 nitrogen and oxygen atoms in total. The number of anilines is 1. The minimum atomic E-state index is -3.63. The van der Waals surface area contributed by atoms with Crippen LogP contribution in [0.1, 0.15) is 11.1 Å². The number of aryl methyl sites for hydroxylation is 2. The van der Waals surface area contributed by atoms with E-state index in [1.807, 2.05) is 19.9 Å². The lowest BCUT2D eigenvalue weighted by Gasteiger charge is -2.19. The molecule has 116 valence electrons. The van der Waals surface area contributed by atoms with Gasteiger partial charge in [0.2, 0.25) is 0 Å². The van der Waals surface area contributed by atoms with E-state index in [4.69, 9.17) is 9.47 Å². The third-order valence-electron chi connectivity index (χ3n) is 3.30. The highest BCUT2D eigenvalue weighted by atomic mass is 32.2. The molecule has 2 aromatic carbocycles. The SMILES string of the molecule is Cc1cc(C)cc(S(=O)(=O)Nc2ccc3c(c2)OCCO3)c1. The molecule has 0 amide bonds. The van der Waals surface area contributed by atoms with E-state index in [0.717, 1.165) is 11.1 Å². The Labute approximate surface area is 129 Å². The van der Waals surface area contributed by atoms with Crippen LogP contribution in [0, 0.1) is 13.8 Å². The number of sulfonamides is 1. The Morgan fingerprint density at radius 1 is 0.909 bits per heavy atom. The van der Waals surface area contributed by atoms with Crippen molar-refractivity contribution in [1.29, 1.82) is 0 Å². The summed E-state index contributed by atoms with van der Waals surface area (Å²) in [6.07, 6.45) is 0. The lowest BCUT2D eigenvalue weighted by molar-refractivity contribution is 0.171. The average Bonchev–Trinajstić information content (AvgIpc) is 2.46. The van der Waals surface area contributed by atoms with Crippen molar-refractivity contribution in [3.63, 3.8) is 0 Å². The van der Waals surface area contributed by atoms with Crippen LogP contribution in [0.5, 0.6) is 11.5 Å². The zero-order chi connectivity index (χ0) is 15.7. The van der Waals surface area contributed by atoms with Crippen molar-refractivity contribution in [1.82, 2.24) is 0 Å². The Balaban J connectivity index is 1.91. The third kappa shape index (κ3) is 3.01. The molecule has 0 radical (unpaired) electrons. The Hall–Kier alpha value is -2.21. The molecule has 3 rings (SSSR count). The van der Waals surface area contributed by atoms with E-state index in [1.54, 1.807) is 30.3 Å². The molecular weight excluding hydrogens is 302 g/mol. The van der Waals surface area contributed by atoms with Gasteiger partial charge in [-0.05, 0) is 49.2 Å². The summed E-state index contributed by atoms with van der Waals surface area (Å²) in [7, 11) is -3.63. The minimum Gasteiger partial charge on any atom is -0.486 e. The van der Waals surface area contributed by atoms with Crippen LogP contribution < -0.4 is 14.2 Å². The molecule has 0 aliphatic carbocycles. The van der Waals surface area contributed by atoms with Crippen LogP contribution in [0.2, 0.25) is 0 Å². The van der Waals surface area contributed by atoms with E-state index < -0.39 is 10.0 Å². The first-order valence-electron chi connectivity index (χ1n) is 6.95. The summed E-state index contributed by atoms with van der Waals surface area (Å²) in [5.41, 5.74) is 2.26. The molecule has 0 aromatic heterocycles. The molecule has 6 heteroatoms. The van der Waals surface area contributed by atoms with Crippen LogP contribution in [0.4, 0.5) is 5.69 Å². The van der Waals surface area contributed by atoms with E-state index in [1.165, 1.54) is 0 Å². The molecule has 1 aliphatic heterocycles. The van der Waals surface area contributed by atoms with Crippen LogP contribution in [0.25, 0.3) is 0 Å². The second-order valence-electron chi connectivity index (χ2n) is 5.29. The summed E-state index contributed by atoms with van der Waals surface area (Å²) in [6, 6.07) is 10.2. The summed E-state index contributed by atoms with van der Waals surface area (Å²) in [4.78, 5) is 0.250. The third-order valence-corrected chi connectivity index (χ3v) is 4.66. The van der Waals surface area contributed by atoms with Gasteiger partial charge in [0, 0.05) is 6.07 Å². The minimum absolute atomic E-state index is 0.250. The van der Waals surface area contributed by atoms with Gasteiger partial charge in [-0.1, -0.05) is 6.07 Å². The topological polar surface area (TPSA) is 64.6 Å². The summed E-state index contributed by atoms with van der Waals surface area (Å²) in [6.45, 7) is 4.70. The molecule has 22 heavy (non-hydrogen) atoms. The lowest BCUT2D eigenvalue weighted by atomic mass is 10.2. The van der Waals surface area contributed by atoms with Crippen LogP contribution in [-0.2, 0) is 10.0 Å². The Morgan fingerprint density at radius 2 is 1.55 bits per heavy atom. The van der Waals surface area contributed by atoms with Crippen LogP contribution in [0.3, 0.4) is 0 Å². The van der Waals surface area contributed by atoms with Gasteiger partial charge < -0.3 is 9.47 Å². The number of hydrogen-bond donors (Lipinski definition) is 1. The fourth-order valence-electron chi connectivity index (χ4n) is 2.41. The number of nitrogens with one attached hydrogen (secondary N) is 1. The van der Waals surface area contributed by atoms with Crippen LogP contribution in [0.15, 0.2) is 41.3 Å². The summed E-state index contributed by atoms with van der Waals surface area (Å²) >= 11 is 0. The predicted octanol–water partition coefficient (Wildman–Crippen LogP) is 2.88. The molecule has 0 fully saturated rings. The fraction of sp³-hybridized carbons (Fsp3) is 0.250. The molecule has 0 saturated heterocycles. The van der Waals surface area contributed by atoms with Gasteiger partial charge in [0.25, 0.3) is 10.0 Å². The van der Waals surface area contributed by atoms with Crippen molar-refractivity contribution in [3.05, 3.63) is 47.5 Å². The maximum absolute atomic E-state index is 12.5. The highest BCUT2D eigenvalue weighted by Crippen LogP contribution is 2.33. The van der Waals surface area contributed by atoms with Crippen LogP contribution in [-0.4, -0.2) is 21.6 Å². The second-order valence-corrected chi connectivity index (χ2v) is 6.97. The summed E-state index contributed by atoms with van der Waals surface area (Å²) in [5.74, 6) is 1.17. The Bertz CT molecular complexity index is 795. The van der Waals surface area contributed by atoms with Crippen LogP contribution >= 0.6 is 0 Å². The van der Waals surface area contributed by atoms with Crippen molar-refractivity contribution < 1.29 is 17.9 Å². The molecular formula is C16H17NO4S. The first kappa shape index (κ1) is 14.7. The van der Waals surface area contributed by atoms with Gasteiger partial charge in [-0.15, -0.1) is 0 Å². The zero-order valence-corrected chi connectivity index (χ0v) is 13.2. The predicted molar refractivity (Wildman–Crippen MR) is 84.2 cm³/mol. The molecule has 1 aliphatic rings. The summed E-state index contributed by atoms with van der Waals surface area (Å²) < 4.78 is 38.4. The number of benzene rings is 2. The van der Waals surface area contributed by atoms with E-state index in [9.17, 15) is 8.42 Å². The Kier molecular flexibility index (Phi) is 3.70. The first-order valence-corrected chi connectivity index (χ1v) is 8.43. The first-order chi connectivity index (χ1) is 10.4. The van der Waals surface area contributed by atoms with Crippen molar-refractivity contribution in [2.75, 3.05) is 17.9 Å². The van der Waals surface area contributed by atoms with Gasteiger partial charge in [0.05, 0.1) is 10.6 Å². The summed E-state index contributed by atoms with van der Waals surface area (Å²) in [5, 5.41) is 0. The van der Waals surface area contributed by atoms with Crippen molar-refractivity contribution >= 4 is 15.7 Å². The van der Waals surface area contributed by atoms with Crippen molar-refractivity contribution in [3.8, 4) is 11.5 Å². The molecule has 2 aromatic rings. The maximum Gasteiger partial charge on any atom is 0.261 e. The molecule has 0 atom stereocenters. The van der Waals surface area contributed by atoms with Gasteiger partial charge in [0.1, 0.15) is 13.2 Å². The number of hydrogen-bond acceptors (Lipinski definition) is 4. The molecule has 0 unspecified atom stereocenters. The van der Waals surface area contributed by atoms with E-state index in [0.29, 0.717) is 30.4 Å². The second kappa shape index (κ2) is 5.53. The van der Waals surface area contributed by atoms with Crippen molar-refractivity contribution in [2.45, 2.75) is 18.7 Å². The average molecular weight is 319 g/mol. The van der Waals surface area contributed by atoms with Gasteiger partial charge in [-0.25, -0.2) is 8.42 Å².